The SMILES string of the molecule is N#Cc1ccccc1NC(=O)C1CC(c2ccc(Br)cc2)NN1. The van der Waals surface area contributed by atoms with Gasteiger partial charge in [-0.1, -0.05) is 40.2 Å². The number of nitrogens with one attached hydrogen (secondary N) is 3. The van der Waals surface area contributed by atoms with Gasteiger partial charge in [0.2, 0.25) is 5.91 Å². The summed E-state index contributed by atoms with van der Waals surface area (Å²) in [5, 5.41) is 11.9. The molecule has 6 heteroatoms. The molecule has 2 aromatic rings. The van der Waals surface area contributed by atoms with E-state index in [0.29, 0.717) is 17.7 Å². The molecule has 1 aliphatic heterocycles. The molecule has 2 unspecified atom stereocenters. The minimum atomic E-state index is -0.351. The van der Waals surface area contributed by atoms with Gasteiger partial charge in [-0.3, -0.25) is 4.79 Å². The number of hydrogen-bond acceptors (Lipinski definition) is 4. The zero-order valence-electron chi connectivity index (χ0n) is 12.2. The molecule has 1 amide bonds. The Morgan fingerprint density at radius 2 is 1.91 bits per heavy atom. The number of halogens is 1. The first-order valence-electron chi connectivity index (χ1n) is 7.24. The number of anilines is 1. The Kier molecular flexibility index (Phi) is 4.72. The van der Waals surface area contributed by atoms with Crippen LogP contribution < -0.4 is 16.2 Å². The maximum absolute atomic E-state index is 12.4. The fourth-order valence-electron chi connectivity index (χ4n) is 2.55. The monoisotopic (exact) mass is 370 g/mol. The topological polar surface area (TPSA) is 77.0 Å². The smallest absolute Gasteiger partial charge is 0.242 e. The Bertz CT molecular complexity index is 754. The number of nitriles is 1. The molecule has 1 fully saturated rings. The first-order chi connectivity index (χ1) is 11.2. The number of para-hydroxylation sites is 1. The molecule has 0 saturated carbocycles. The van der Waals surface area contributed by atoms with Crippen molar-refractivity contribution in [2.45, 2.75) is 18.5 Å². The lowest BCUT2D eigenvalue weighted by molar-refractivity contribution is -0.117. The third-order valence-corrected chi connectivity index (χ3v) is 4.33. The highest BCUT2D eigenvalue weighted by atomic mass is 79.9. The van der Waals surface area contributed by atoms with E-state index in [1.807, 2.05) is 24.3 Å². The zero-order valence-corrected chi connectivity index (χ0v) is 13.8. The average Bonchev–Trinajstić information content (AvgIpc) is 3.06. The molecule has 1 saturated heterocycles. The van der Waals surface area contributed by atoms with Crippen LogP contribution in [0.5, 0.6) is 0 Å². The van der Waals surface area contributed by atoms with E-state index in [1.165, 1.54) is 0 Å². The Morgan fingerprint density at radius 1 is 1.17 bits per heavy atom. The van der Waals surface area contributed by atoms with Crippen molar-refractivity contribution >= 4 is 27.5 Å². The lowest BCUT2D eigenvalue weighted by atomic mass is 10.0. The van der Waals surface area contributed by atoms with Gasteiger partial charge in [-0.05, 0) is 36.2 Å². The number of carbonyl (C=O) groups excluding carboxylic acids is 1. The molecule has 116 valence electrons. The minimum Gasteiger partial charge on any atom is -0.323 e. The molecule has 0 radical (unpaired) electrons. The molecule has 1 heterocycles. The molecule has 23 heavy (non-hydrogen) atoms. The van der Waals surface area contributed by atoms with Crippen molar-refractivity contribution in [2.75, 3.05) is 5.32 Å². The van der Waals surface area contributed by atoms with Gasteiger partial charge in [0.1, 0.15) is 12.1 Å². The third-order valence-electron chi connectivity index (χ3n) is 3.80. The summed E-state index contributed by atoms with van der Waals surface area (Å²) < 4.78 is 1.02. The number of hydrogen-bond donors (Lipinski definition) is 3. The lowest BCUT2D eigenvalue weighted by Crippen LogP contribution is -2.39. The maximum atomic E-state index is 12.4. The van der Waals surface area contributed by atoms with E-state index in [2.05, 4.69) is 38.2 Å². The number of rotatable bonds is 3. The molecule has 3 N–H and O–H groups in total. The van der Waals surface area contributed by atoms with Crippen LogP contribution in [0.3, 0.4) is 0 Å². The van der Waals surface area contributed by atoms with Gasteiger partial charge in [0.05, 0.1) is 11.3 Å². The summed E-state index contributed by atoms with van der Waals surface area (Å²) in [6, 6.07) is 16.8. The highest BCUT2D eigenvalue weighted by molar-refractivity contribution is 9.10. The number of nitrogens with zero attached hydrogens (tertiary/aromatic N) is 1. The predicted molar refractivity (Wildman–Crippen MR) is 91.3 cm³/mol. The van der Waals surface area contributed by atoms with E-state index in [4.69, 9.17) is 5.26 Å². The second-order valence-electron chi connectivity index (χ2n) is 5.33. The molecule has 0 aliphatic carbocycles. The normalized spacial score (nSPS) is 20.0. The second-order valence-corrected chi connectivity index (χ2v) is 6.24. The molecule has 5 nitrogen and oxygen atoms in total. The minimum absolute atomic E-state index is 0.0741. The summed E-state index contributed by atoms with van der Waals surface area (Å²) in [5.41, 5.74) is 8.28. The van der Waals surface area contributed by atoms with Crippen LogP contribution in [0, 0.1) is 11.3 Å². The quantitative estimate of drug-likeness (QED) is 0.776. The fraction of sp³-hybridized carbons (Fsp3) is 0.176. The fourth-order valence-corrected chi connectivity index (χ4v) is 2.82. The third kappa shape index (κ3) is 3.59. The second kappa shape index (κ2) is 6.92. The van der Waals surface area contributed by atoms with Crippen LogP contribution in [0.2, 0.25) is 0 Å². The van der Waals surface area contributed by atoms with Gasteiger partial charge in [-0.2, -0.15) is 5.26 Å². The largest absolute Gasteiger partial charge is 0.323 e. The predicted octanol–water partition coefficient (Wildman–Crippen LogP) is 2.87. The van der Waals surface area contributed by atoms with E-state index in [1.54, 1.807) is 24.3 Å². The summed E-state index contributed by atoms with van der Waals surface area (Å²) in [4.78, 5) is 12.4. The van der Waals surface area contributed by atoms with E-state index in [9.17, 15) is 4.79 Å². The van der Waals surface area contributed by atoms with Gasteiger partial charge in [-0.15, -0.1) is 0 Å². The van der Waals surface area contributed by atoms with Crippen LogP contribution in [0.1, 0.15) is 23.6 Å². The zero-order chi connectivity index (χ0) is 16.2. The number of hydrazine groups is 1. The summed E-state index contributed by atoms with van der Waals surface area (Å²) in [7, 11) is 0. The lowest BCUT2D eigenvalue weighted by Gasteiger charge is -2.11. The Balaban J connectivity index is 1.66. The molecule has 0 spiro atoms. The summed E-state index contributed by atoms with van der Waals surface area (Å²) in [6.07, 6.45) is 0.641. The Hall–Kier alpha value is -2.20. The first-order valence-corrected chi connectivity index (χ1v) is 8.03. The van der Waals surface area contributed by atoms with Crippen LogP contribution in [0.25, 0.3) is 0 Å². The van der Waals surface area contributed by atoms with Crippen LogP contribution in [-0.4, -0.2) is 11.9 Å². The van der Waals surface area contributed by atoms with E-state index < -0.39 is 0 Å². The van der Waals surface area contributed by atoms with E-state index in [0.717, 1.165) is 10.0 Å². The van der Waals surface area contributed by atoms with Gasteiger partial charge in [-0.25, -0.2) is 10.9 Å². The first kappa shape index (κ1) is 15.7. The molecular weight excluding hydrogens is 356 g/mol. The Morgan fingerprint density at radius 3 is 2.65 bits per heavy atom. The summed E-state index contributed by atoms with van der Waals surface area (Å²) in [5.74, 6) is -0.153. The molecule has 2 atom stereocenters. The van der Waals surface area contributed by atoms with Crippen LogP contribution >= 0.6 is 15.9 Å². The van der Waals surface area contributed by atoms with Gasteiger partial charge in [0.15, 0.2) is 0 Å². The van der Waals surface area contributed by atoms with Crippen molar-refractivity contribution in [1.82, 2.24) is 10.9 Å². The van der Waals surface area contributed by atoms with Crippen molar-refractivity contribution in [3.8, 4) is 6.07 Å². The standard InChI is InChI=1S/C17H15BrN4O/c18-13-7-5-11(6-8-13)15-9-16(22-21-15)17(23)20-14-4-2-1-3-12(14)10-19/h1-8,15-16,21-22H,9H2,(H,20,23). The summed E-state index contributed by atoms with van der Waals surface area (Å²) >= 11 is 3.41. The van der Waals surface area contributed by atoms with Crippen molar-refractivity contribution in [3.63, 3.8) is 0 Å². The molecule has 2 aromatic carbocycles. The maximum Gasteiger partial charge on any atom is 0.242 e. The van der Waals surface area contributed by atoms with E-state index >= 15 is 0 Å². The molecule has 0 bridgehead atoms. The van der Waals surface area contributed by atoms with Crippen molar-refractivity contribution in [1.29, 1.82) is 5.26 Å². The Labute approximate surface area is 142 Å². The summed E-state index contributed by atoms with van der Waals surface area (Å²) in [6.45, 7) is 0. The molecule has 3 rings (SSSR count). The highest BCUT2D eigenvalue weighted by Crippen LogP contribution is 2.24. The van der Waals surface area contributed by atoms with Gasteiger partial charge < -0.3 is 5.32 Å². The highest BCUT2D eigenvalue weighted by Gasteiger charge is 2.30. The number of amides is 1. The van der Waals surface area contributed by atoms with Gasteiger partial charge >= 0.3 is 0 Å². The number of carbonyl (C=O) groups is 1. The van der Waals surface area contributed by atoms with Gasteiger partial charge in [0.25, 0.3) is 0 Å². The van der Waals surface area contributed by atoms with Crippen LogP contribution in [0.15, 0.2) is 53.0 Å². The van der Waals surface area contributed by atoms with E-state index in [-0.39, 0.29) is 18.0 Å². The van der Waals surface area contributed by atoms with Crippen molar-refractivity contribution in [2.24, 2.45) is 0 Å². The average molecular weight is 371 g/mol. The molecule has 0 aromatic heterocycles. The van der Waals surface area contributed by atoms with Gasteiger partial charge in [0, 0.05) is 10.5 Å². The van der Waals surface area contributed by atoms with Crippen molar-refractivity contribution < 1.29 is 4.79 Å². The van der Waals surface area contributed by atoms with Crippen LogP contribution in [0.4, 0.5) is 5.69 Å². The number of benzene rings is 2. The van der Waals surface area contributed by atoms with Crippen molar-refractivity contribution in [3.05, 3.63) is 64.1 Å². The molecule has 1 aliphatic rings. The molecular formula is C17H15BrN4O. The van der Waals surface area contributed by atoms with Crippen LogP contribution in [-0.2, 0) is 4.79 Å².